The molecule has 5 nitrogen and oxygen atoms in total. The fourth-order valence-electron chi connectivity index (χ4n) is 1.29. The molecule has 0 unspecified atom stereocenters. The zero-order chi connectivity index (χ0) is 11.1. The highest BCUT2D eigenvalue weighted by Crippen LogP contribution is 1.98. The Balaban J connectivity index is 2.48. The van der Waals surface area contributed by atoms with Gasteiger partial charge in [0.05, 0.1) is 12.0 Å². The molecule has 0 aliphatic heterocycles. The molecule has 1 heterocycles. The predicted octanol–water partition coefficient (Wildman–Crippen LogP) is 0.129. The van der Waals surface area contributed by atoms with Crippen LogP contribution in [0.25, 0.3) is 0 Å². The van der Waals surface area contributed by atoms with E-state index in [4.69, 9.17) is 0 Å². The molecule has 0 aliphatic rings. The van der Waals surface area contributed by atoms with Gasteiger partial charge in [0.2, 0.25) is 5.91 Å². The summed E-state index contributed by atoms with van der Waals surface area (Å²) in [4.78, 5) is 15.5. The molecule has 15 heavy (non-hydrogen) atoms. The van der Waals surface area contributed by atoms with Gasteiger partial charge >= 0.3 is 0 Å². The molecule has 0 saturated carbocycles. The molecule has 0 spiro atoms. The number of imidazole rings is 1. The molecule has 0 bridgehead atoms. The van der Waals surface area contributed by atoms with Gasteiger partial charge in [0.15, 0.2) is 0 Å². The van der Waals surface area contributed by atoms with Crippen LogP contribution in [0.3, 0.4) is 0 Å². The third-order valence-corrected chi connectivity index (χ3v) is 2.04. The minimum Gasteiger partial charge on any atom is -0.355 e. The Morgan fingerprint density at radius 3 is 3.07 bits per heavy atom. The van der Waals surface area contributed by atoms with Crippen molar-refractivity contribution in [2.45, 2.75) is 26.4 Å². The van der Waals surface area contributed by atoms with Crippen molar-refractivity contribution in [3.8, 4) is 0 Å². The van der Waals surface area contributed by atoms with Gasteiger partial charge in [0.25, 0.3) is 0 Å². The molecule has 1 rings (SSSR count). The first-order valence-corrected chi connectivity index (χ1v) is 5.18. The Kier molecular flexibility index (Phi) is 4.83. The molecule has 0 atom stereocenters. The number of aromatic nitrogens is 2. The van der Waals surface area contributed by atoms with Gasteiger partial charge in [0.1, 0.15) is 6.54 Å². The number of rotatable bonds is 6. The fraction of sp³-hybridized carbons (Fsp3) is 0.600. The van der Waals surface area contributed by atoms with Crippen LogP contribution in [0, 0.1) is 0 Å². The number of hydrogen-bond donors (Lipinski definition) is 2. The van der Waals surface area contributed by atoms with Crippen LogP contribution in [0.4, 0.5) is 0 Å². The highest BCUT2D eigenvalue weighted by atomic mass is 16.1. The Labute approximate surface area is 89.9 Å². The second-order valence-electron chi connectivity index (χ2n) is 3.39. The van der Waals surface area contributed by atoms with E-state index < -0.39 is 0 Å². The van der Waals surface area contributed by atoms with Gasteiger partial charge in [-0.25, -0.2) is 4.98 Å². The second-order valence-corrected chi connectivity index (χ2v) is 3.39. The Hall–Kier alpha value is -1.36. The van der Waals surface area contributed by atoms with Crippen molar-refractivity contribution in [2.75, 3.05) is 13.6 Å². The molecule has 1 aromatic heterocycles. The van der Waals surface area contributed by atoms with E-state index in [0.717, 1.165) is 25.2 Å². The first-order valence-electron chi connectivity index (χ1n) is 5.18. The van der Waals surface area contributed by atoms with Crippen molar-refractivity contribution in [2.24, 2.45) is 0 Å². The highest BCUT2D eigenvalue weighted by Gasteiger charge is 2.05. The molecule has 0 radical (unpaired) electrons. The van der Waals surface area contributed by atoms with E-state index in [2.05, 4.69) is 15.6 Å². The van der Waals surface area contributed by atoms with Gasteiger partial charge in [-0.3, -0.25) is 4.79 Å². The smallest absolute Gasteiger partial charge is 0.239 e. The first-order chi connectivity index (χ1) is 7.27. The number of carbonyl (C=O) groups excluding carboxylic acids is 1. The van der Waals surface area contributed by atoms with Gasteiger partial charge < -0.3 is 15.2 Å². The van der Waals surface area contributed by atoms with Crippen LogP contribution in [0.1, 0.15) is 19.0 Å². The van der Waals surface area contributed by atoms with E-state index in [-0.39, 0.29) is 5.91 Å². The Bertz CT molecular complexity index is 308. The van der Waals surface area contributed by atoms with Crippen molar-refractivity contribution in [1.82, 2.24) is 20.2 Å². The standard InChI is InChI=1S/C10H18N4O/c1-3-4-13-10(15)7-14-8-12-6-9(14)5-11-2/h6,8,11H,3-5,7H2,1-2H3,(H,13,15). The molecule has 0 aliphatic carbocycles. The summed E-state index contributed by atoms with van der Waals surface area (Å²) in [5, 5.41) is 5.87. The Morgan fingerprint density at radius 1 is 1.60 bits per heavy atom. The van der Waals surface area contributed by atoms with Crippen LogP contribution in [-0.4, -0.2) is 29.1 Å². The third kappa shape index (κ3) is 3.71. The van der Waals surface area contributed by atoms with Crippen molar-refractivity contribution >= 4 is 5.91 Å². The van der Waals surface area contributed by atoms with E-state index in [9.17, 15) is 4.79 Å². The summed E-state index contributed by atoms with van der Waals surface area (Å²) >= 11 is 0. The summed E-state index contributed by atoms with van der Waals surface area (Å²) in [5.74, 6) is 0.0344. The van der Waals surface area contributed by atoms with Gasteiger partial charge in [0, 0.05) is 19.3 Å². The van der Waals surface area contributed by atoms with Crippen molar-refractivity contribution in [3.63, 3.8) is 0 Å². The van der Waals surface area contributed by atoms with Crippen LogP contribution in [-0.2, 0) is 17.9 Å². The quantitative estimate of drug-likeness (QED) is 0.701. The van der Waals surface area contributed by atoms with Crippen LogP contribution >= 0.6 is 0 Å². The summed E-state index contributed by atoms with van der Waals surface area (Å²) in [6.45, 7) is 3.83. The SMILES string of the molecule is CCCNC(=O)Cn1cncc1CNC. The lowest BCUT2D eigenvalue weighted by Crippen LogP contribution is -2.28. The predicted molar refractivity (Wildman–Crippen MR) is 58.3 cm³/mol. The zero-order valence-electron chi connectivity index (χ0n) is 9.29. The van der Waals surface area contributed by atoms with Crippen LogP contribution < -0.4 is 10.6 Å². The third-order valence-electron chi connectivity index (χ3n) is 2.04. The maximum absolute atomic E-state index is 11.4. The van der Waals surface area contributed by atoms with Crippen molar-refractivity contribution in [3.05, 3.63) is 18.2 Å². The van der Waals surface area contributed by atoms with E-state index in [0.29, 0.717) is 6.54 Å². The van der Waals surface area contributed by atoms with Crippen LogP contribution in [0.15, 0.2) is 12.5 Å². The molecular formula is C10H18N4O. The number of nitrogens with one attached hydrogen (secondary N) is 2. The van der Waals surface area contributed by atoms with E-state index in [1.807, 2.05) is 18.5 Å². The molecule has 84 valence electrons. The normalized spacial score (nSPS) is 10.3. The molecule has 0 fully saturated rings. The molecule has 5 heteroatoms. The minimum atomic E-state index is 0.0344. The lowest BCUT2D eigenvalue weighted by molar-refractivity contribution is -0.121. The lowest BCUT2D eigenvalue weighted by Gasteiger charge is -2.07. The van der Waals surface area contributed by atoms with Gasteiger partial charge in [-0.05, 0) is 13.5 Å². The topological polar surface area (TPSA) is 59.0 Å². The Morgan fingerprint density at radius 2 is 2.40 bits per heavy atom. The minimum absolute atomic E-state index is 0.0344. The van der Waals surface area contributed by atoms with Gasteiger partial charge in [-0.15, -0.1) is 0 Å². The zero-order valence-corrected chi connectivity index (χ0v) is 9.29. The molecular weight excluding hydrogens is 192 g/mol. The number of hydrogen-bond acceptors (Lipinski definition) is 3. The molecule has 1 aromatic rings. The fourth-order valence-corrected chi connectivity index (χ4v) is 1.29. The maximum atomic E-state index is 11.4. The molecule has 1 amide bonds. The van der Waals surface area contributed by atoms with E-state index in [1.165, 1.54) is 0 Å². The maximum Gasteiger partial charge on any atom is 0.239 e. The number of carbonyl (C=O) groups is 1. The first kappa shape index (κ1) is 11.7. The van der Waals surface area contributed by atoms with E-state index in [1.54, 1.807) is 12.5 Å². The average Bonchev–Trinajstić information content (AvgIpc) is 2.63. The summed E-state index contributed by atoms with van der Waals surface area (Å²) in [6.07, 6.45) is 4.40. The molecule has 2 N–H and O–H groups in total. The van der Waals surface area contributed by atoms with Gasteiger partial charge in [-0.2, -0.15) is 0 Å². The molecule has 0 aromatic carbocycles. The van der Waals surface area contributed by atoms with E-state index >= 15 is 0 Å². The lowest BCUT2D eigenvalue weighted by atomic mass is 10.4. The largest absolute Gasteiger partial charge is 0.355 e. The monoisotopic (exact) mass is 210 g/mol. The highest BCUT2D eigenvalue weighted by molar-refractivity contribution is 5.75. The summed E-state index contributed by atoms with van der Waals surface area (Å²) in [5.41, 5.74) is 1.02. The molecule has 0 saturated heterocycles. The second kappa shape index (κ2) is 6.19. The van der Waals surface area contributed by atoms with Crippen LogP contribution in [0.2, 0.25) is 0 Å². The van der Waals surface area contributed by atoms with Crippen molar-refractivity contribution < 1.29 is 4.79 Å². The number of amides is 1. The summed E-state index contributed by atoms with van der Waals surface area (Å²) < 4.78 is 1.85. The summed E-state index contributed by atoms with van der Waals surface area (Å²) in [7, 11) is 1.87. The average molecular weight is 210 g/mol. The van der Waals surface area contributed by atoms with Crippen LogP contribution in [0.5, 0.6) is 0 Å². The summed E-state index contributed by atoms with van der Waals surface area (Å²) in [6, 6.07) is 0. The van der Waals surface area contributed by atoms with Gasteiger partial charge in [-0.1, -0.05) is 6.92 Å². The number of nitrogens with zero attached hydrogens (tertiary/aromatic N) is 2. The van der Waals surface area contributed by atoms with Crippen molar-refractivity contribution in [1.29, 1.82) is 0 Å².